The lowest BCUT2D eigenvalue weighted by Crippen LogP contribution is -2.54. The van der Waals surface area contributed by atoms with E-state index < -0.39 is 23.4 Å². The Morgan fingerprint density at radius 1 is 1.12 bits per heavy atom. The first kappa shape index (κ1) is 26.4. The minimum atomic E-state index is -0.677. The number of likely N-dealkylation sites (tertiary alicyclic amines) is 1. The highest BCUT2D eigenvalue weighted by Crippen LogP contribution is 2.45. The molecule has 7 heteroatoms. The molecular formula is C25H43N3O4. The van der Waals surface area contributed by atoms with Crippen LogP contribution in [-0.2, 0) is 14.4 Å². The highest BCUT2D eigenvalue weighted by atomic mass is 16.3. The number of amides is 3. The van der Waals surface area contributed by atoms with Crippen molar-refractivity contribution in [1.82, 2.24) is 15.5 Å². The van der Waals surface area contributed by atoms with Crippen molar-refractivity contribution in [3.8, 4) is 0 Å². The molecule has 0 saturated carbocycles. The molecule has 0 aromatic carbocycles. The average molecular weight is 450 g/mol. The molecule has 3 N–H and O–H groups in total. The Bertz CT molecular complexity index is 725. The number of aliphatic hydroxyl groups is 1. The van der Waals surface area contributed by atoms with Crippen LogP contribution in [0.2, 0.25) is 0 Å². The van der Waals surface area contributed by atoms with Gasteiger partial charge in [0.05, 0.1) is 11.8 Å². The lowest BCUT2D eigenvalue weighted by Gasteiger charge is -2.37. The molecule has 0 unspecified atom stereocenters. The van der Waals surface area contributed by atoms with Crippen LogP contribution in [0, 0.1) is 29.1 Å². The molecule has 32 heavy (non-hydrogen) atoms. The second-order valence-electron chi connectivity index (χ2n) is 11.2. The van der Waals surface area contributed by atoms with Crippen molar-refractivity contribution in [2.24, 2.45) is 29.1 Å². The van der Waals surface area contributed by atoms with Gasteiger partial charge in [-0.1, -0.05) is 46.3 Å². The summed E-state index contributed by atoms with van der Waals surface area (Å²) in [6.45, 7) is 12.7. The number of hydrogen-bond donors (Lipinski definition) is 3. The smallest absolute Gasteiger partial charge is 0.243 e. The molecule has 3 amide bonds. The van der Waals surface area contributed by atoms with Crippen LogP contribution in [0.1, 0.15) is 67.2 Å². The second-order valence-corrected chi connectivity index (χ2v) is 11.2. The number of nitrogens with one attached hydrogen (secondary N) is 2. The Balaban J connectivity index is 2.41. The van der Waals surface area contributed by atoms with Gasteiger partial charge < -0.3 is 20.6 Å². The van der Waals surface area contributed by atoms with Gasteiger partial charge in [-0.25, -0.2) is 0 Å². The summed E-state index contributed by atoms with van der Waals surface area (Å²) in [5.74, 6) is -1.92. The van der Waals surface area contributed by atoms with Crippen LogP contribution in [0.15, 0.2) is 12.2 Å². The fourth-order valence-electron chi connectivity index (χ4n) is 5.89. The van der Waals surface area contributed by atoms with E-state index in [0.29, 0.717) is 13.0 Å². The van der Waals surface area contributed by atoms with Crippen molar-refractivity contribution < 1.29 is 19.5 Å². The summed E-state index contributed by atoms with van der Waals surface area (Å²) in [6.07, 6.45) is 6.93. The second kappa shape index (κ2) is 10.4. The Morgan fingerprint density at radius 2 is 1.78 bits per heavy atom. The minimum absolute atomic E-state index is 0.0241. The fraction of sp³-hybridized carbons (Fsp3) is 0.800. The molecule has 1 heterocycles. The maximum atomic E-state index is 13.6. The van der Waals surface area contributed by atoms with Gasteiger partial charge >= 0.3 is 0 Å². The SMILES string of the molecule is CCC[C@@H]1C=C[C@H]2[C@H](C(=O)N(CCCO)[C@@H]2C(=O)NC(C)(C)CC(C)(C)C)[C@@H]1C(=O)NC. The van der Waals surface area contributed by atoms with E-state index in [1.54, 1.807) is 11.9 Å². The van der Waals surface area contributed by atoms with Gasteiger partial charge in [0.25, 0.3) is 0 Å². The fourth-order valence-corrected chi connectivity index (χ4v) is 5.89. The third-order valence-corrected chi connectivity index (χ3v) is 6.54. The van der Waals surface area contributed by atoms with Crippen molar-refractivity contribution in [1.29, 1.82) is 0 Å². The molecule has 5 atom stereocenters. The van der Waals surface area contributed by atoms with Gasteiger partial charge in [-0.05, 0) is 44.4 Å². The van der Waals surface area contributed by atoms with Crippen molar-refractivity contribution in [2.45, 2.75) is 78.8 Å². The maximum absolute atomic E-state index is 13.6. The summed E-state index contributed by atoms with van der Waals surface area (Å²) in [6, 6.07) is -0.677. The van der Waals surface area contributed by atoms with Crippen LogP contribution in [0.3, 0.4) is 0 Å². The van der Waals surface area contributed by atoms with E-state index in [1.165, 1.54) is 0 Å². The van der Waals surface area contributed by atoms with Crippen LogP contribution in [-0.4, -0.2) is 59.5 Å². The Hall–Kier alpha value is -1.89. The summed E-state index contributed by atoms with van der Waals surface area (Å²) >= 11 is 0. The number of nitrogens with zero attached hydrogens (tertiary/aromatic N) is 1. The van der Waals surface area contributed by atoms with Crippen LogP contribution in [0.4, 0.5) is 0 Å². The molecule has 1 aliphatic carbocycles. The summed E-state index contributed by atoms with van der Waals surface area (Å²) in [5, 5.41) is 15.3. The Kier molecular flexibility index (Phi) is 8.54. The molecule has 0 bridgehead atoms. The standard InChI is InChI=1S/C25H43N3O4/c1-8-10-16-11-12-17-19(18(16)21(30)26-7)23(32)28(13-9-14-29)20(17)22(31)27-25(5,6)15-24(2,3)4/h11-12,16-20,29H,8-10,13-15H2,1-7H3,(H,26,30)(H,27,31)/t16-,17+,18-,19+,20+/m1/s1. The van der Waals surface area contributed by atoms with Gasteiger partial charge in [0.1, 0.15) is 6.04 Å². The van der Waals surface area contributed by atoms with Crippen LogP contribution in [0.5, 0.6) is 0 Å². The first-order valence-corrected chi connectivity index (χ1v) is 12.0. The first-order chi connectivity index (χ1) is 14.9. The van der Waals surface area contributed by atoms with E-state index >= 15 is 0 Å². The number of carbonyl (C=O) groups excluding carboxylic acids is 3. The van der Waals surface area contributed by atoms with Gasteiger partial charge in [-0.15, -0.1) is 0 Å². The largest absolute Gasteiger partial charge is 0.396 e. The van der Waals surface area contributed by atoms with Crippen molar-refractivity contribution in [3.05, 3.63) is 12.2 Å². The van der Waals surface area contributed by atoms with Crippen LogP contribution < -0.4 is 10.6 Å². The highest BCUT2D eigenvalue weighted by molar-refractivity contribution is 5.97. The first-order valence-electron chi connectivity index (χ1n) is 12.0. The predicted octanol–water partition coefficient (Wildman–Crippen LogP) is 2.49. The van der Waals surface area contributed by atoms with Gasteiger partial charge in [-0.3, -0.25) is 14.4 Å². The molecule has 7 nitrogen and oxygen atoms in total. The van der Waals surface area contributed by atoms with E-state index in [-0.39, 0.29) is 41.6 Å². The molecule has 1 fully saturated rings. The van der Waals surface area contributed by atoms with Crippen molar-refractivity contribution >= 4 is 17.7 Å². The number of allylic oxidation sites excluding steroid dienone is 1. The molecule has 0 aromatic rings. The van der Waals surface area contributed by atoms with E-state index in [1.807, 2.05) is 26.0 Å². The number of aliphatic hydroxyl groups excluding tert-OH is 1. The number of carbonyl (C=O) groups is 3. The lowest BCUT2D eigenvalue weighted by molar-refractivity contribution is -0.141. The van der Waals surface area contributed by atoms with E-state index in [4.69, 9.17) is 0 Å². The zero-order valence-corrected chi connectivity index (χ0v) is 20.9. The molecule has 1 saturated heterocycles. The quantitative estimate of drug-likeness (QED) is 0.471. The number of rotatable bonds is 9. The molecule has 1 aliphatic heterocycles. The summed E-state index contributed by atoms with van der Waals surface area (Å²) < 4.78 is 0. The Labute approximate surface area is 193 Å². The lowest BCUT2D eigenvalue weighted by atomic mass is 9.68. The van der Waals surface area contributed by atoms with Gasteiger partial charge in [0, 0.05) is 31.7 Å². The van der Waals surface area contributed by atoms with Gasteiger partial charge in [-0.2, -0.15) is 0 Å². The number of hydrogen-bond acceptors (Lipinski definition) is 4. The maximum Gasteiger partial charge on any atom is 0.243 e. The van der Waals surface area contributed by atoms with Gasteiger partial charge in [0.15, 0.2) is 0 Å². The van der Waals surface area contributed by atoms with E-state index in [2.05, 4.69) is 38.3 Å². The Morgan fingerprint density at radius 3 is 2.31 bits per heavy atom. The predicted molar refractivity (Wildman–Crippen MR) is 126 cm³/mol. The zero-order chi connectivity index (χ0) is 24.3. The van der Waals surface area contributed by atoms with E-state index in [9.17, 15) is 19.5 Å². The van der Waals surface area contributed by atoms with Crippen molar-refractivity contribution in [2.75, 3.05) is 20.2 Å². The summed E-state index contributed by atoms with van der Waals surface area (Å²) in [7, 11) is 1.60. The number of fused-ring (bicyclic) bond motifs is 1. The zero-order valence-electron chi connectivity index (χ0n) is 20.9. The van der Waals surface area contributed by atoms with E-state index in [0.717, 1.165) is 19.3 Å². The third kappa shape index (κ3) is 5.91. The molecule has 2 rings (SSSR count). The van der Waals surface area contributed by atoms with Crippen LogP contribution >= 0.6 is 0 Å². The van der Waals surface area contributed by atoms with Gasteiger partial charge in [0.2, 0.25) is 17.7 Å². The summed E-state index contributed by atoms with van der Waals surface area (Å²) in [4.78, 5) is 41.6. The summed E-state index contributed by atoms with van der Waals surface area (Å²) in [5.41, 5.74) is -0.410. The topological polar surface area (TPSA) is 98.7 Å². The third-order valence-electron chi connectivity index (χ3n) is 6.54. The minimum Gasteiger partial charge on any atom is -0.396 e. The van der Waals surface area contributed by atoms with Crippen molar-refractivity contribution in [3.63, 3.8) is 0 Å². The molecule has 2 aliphatic rings. The molecular weight excluding hydrogens is 406 g/mol. The van der Waals surface area contributed by atoms with Crippen LogP contribution in [0.25, 0.3) is 0 Å². The average Bonchev–Trinajstić information content (AvgIpc) is 2.95. The monoisotopic (exact) mass is 449 g/mol. The normalized spacial score (nSPS) is 27.9. The molecule has 0 aromatic heterocycles. The molecule has 0 spiro atoms. The molecule has 182 valence electrons. The molecule has 0 radical (unpaired) electrons. The highest BCUT2D eigenvalue weighted by Gasteiger charge is 2.57.